The molecule has 0 aromatic carbocycles. The van der Waals surface area contributed by atoms with E-state index in [9.17, 15) is 4.79 Å². The van der Waals surface area contributed by atoms with E-state index in [0.717, 1.165) is 25.7 Å². The lowest BCUT2D eigenvalue weighted by molar-refractivity contribution is -0.123. The van der Waals surface area contributed by atoms with E-state index in [2.05, 4.69) is 41.2 Å². The van der Waals surface area contributed by atoms with Gasteiger partial charge in [0.15, 0.2) is 0 Å². The van der Waals surface area contributed by atoms with E-state index in [1.807, 2.05) is 0 Å². The lowest BCUT2D eigenvalue weighted by Gasteiger charge is -2.39. The Hall–Kier alpha value is -0.590. The lowest BCUT2D eigenvalue weighted by atomic mass is 9.66. The number of carbonyl (C=O) groups is 1. The summed E-state index contributed by atoms with van der Waals surface area (Å²) < 4.78 is 0. The van der Waals surface area contributed by atoms with Crippen molar-refractivity contribution in [3.8, 4) is 0 Å². The number of hydrogen-bond donors (Lipinski definition) is 0. The zero-order valence-corrected chi connectivity index (χ0v) is 12.9. The van der Waals surface area contributed by atoms with Crippen LogP contribution in [0.5, 0.6) is 0 Å². The quantitative estimate of drug-likeness (QED) is 0.627. The number of ketones is 1. The minimum Gasteiger partial charge on any atom is -0.299 e. The Kier molecular flexibility index (Phi) is 5.19. The van der Waals surface area contributed by atoms with Gasteiger partial charge in [-0.2, -0.15) is 0 Å². The van der Waals surface area contributed by atoms with E-state index in [1.54, 1.807) is 0 Å². The van der Waals surface area contributed by atoms with E-state index in [4.69, 9.17) is 0 Å². The van der Waals surface area contributed by atoms with Crippen molar-refractivity contribution < 1.29 is 4.79 Å². The van der Waals surface area contributed by atoms with E-state index in [0.29, 0.717) is 23.0 Å². The summed E-state index contributed by atoms with van der Waals surface area (Å²) in [5, 5.41) is 0. The summed E-state index contributed by atoms with van der Waals surface area (Å²) in [4.78, 5) is 12.0. The molecule has 0 spiro atoms. The van der Waals surface area contributed by atoms with Gasteiger partial charge in [-0.05, 0) is 42.9 Å². The molecule has 0 bridgehead atoms. The van der Waals surface area contributed by atoms with Gasteiger partial charge in [0, 0.05) is 12.3 Å². The van der Waals surface area contributed by atoms with Gasteiger partial charge in [0.1, 0.15) is 5.78 Å². The summed E-state index contributed by atoms with van der Waals surface area (Å²) in [6.45, 7) is 15.2. The van der Waals surface area contributed by atoms with Gasteiger partial charge in [0.05, 0.1) is 0 Å². The van der Waals surface area contributed by atoms with Gasteiger partial charge in [0.2, 0.25) is 0 Å². The van der Waals surface area contributed by atoms with Crippen LogP contribution in [0.25, 0.3) is 0 Å². The van der Waals surface area contributed by atoms with E-state index in [-0.39, 0.29) is 5.92 Å². The highest BCUT2D eigenvalue weighted by atomic mass is 16.1. The monoisotopic (exact) mass is 250 g/mol. The molecule has 0 aromatic heterocycles. The van der Waals surface area contributed by atoms with Crippen LogP contribution in [0.4, 0.5) is 0 Å². The molecule has 1 rings (SSSR count). The van der Waals surface area contributed by atoms with Gasteiger partial charge in [0.25, 0.3) is 0 Å². The summed E-state index contributed by atoms with van der Waals surface area (Å²) in [6, 6.07) is 0. The lowest BCUT2D eigenvalue weighted by Crippen LogP contribution is -2.29. The predicted molar refractivity (Wildman–Crippen MR) is 78.5 cm³/mol. The van der Waals surface area contributed by atoms with Crippen molar-refractivity contribution in [2.45, 2.75) is 66.7 Å². The Labute approximate surface area is 113 Å². The molecule has 0 saturated heterocycles. The Morgan fingerprint density at radius 3 is 2.56 bits per heavy atom. The van der Waals surface area contributed by atoms with Crippen molar-refractivity contribution in [3.63, 3.8) is 0 Å². The summed E-state index contributed by atoms with van der Waals surface area (Å²) in [6.07, 6.45) is 5.23. The Morgan fingerprint density at radius 2 is 2.06 bits per heavy atom. The summed E-state index contributed by atoms with van der Waals surface area (Å²) in [5.74, 6) is 1.82. The maximum absolute atomic E-state index is 12.0. The maximum atomic E-state index is 12.0. The van der Waals surface area contributed by atoms with Crippen LogP contribution in [-0.2, 0) is 4.79 Å². The van der Waals surface area contributed by atoms with E-state index < -0.39 is 0 Å². The zero-order valence-electron chi connectivity index (χ0n) is 12.9. The molecule has 0 aromatic rings. The smallest absolute Gasteiger partial charge is 0.135 e. The normalized spacial score (nSPS) is 26.7. The summed E-state index contributed by atoms with van der Waals surface area (Å²) >= 11 is 0. The molecule has 18 heavy (non-hydrogen) atoms. The Balaban J connectivity index is 2.58. The van der Waals surface area contributed by atoms with Crippen molar-refractivity contribution in [1.29, 1.82) is 0 Å². The molecule has 1 heteroatoms. The first-order valence-electron chi connectivity index (χ1n) is 7.44. The highest BCUT2D eigenvalue weighted by Gasteiger charge is 2.33. The first-order chi connectivity index (χ1) is 8.25. The topological polar surface area (TPSA) is 17.1 Å². The second kappa shape index (κ2) is 6.04. The van der Waals surface area contributed by atoms with Crippen molar-refractivity contribution in [2.24, 2.45) is 23.2 Å². The van der Waals surface area contributed by atoms with Gasteiger partial charge in [-0.3, -0.25) is 4.79 Å². The number of allylic oxidation sites excluding steroid dienone is 1. The first kappa shape index (κ1) is 15.5. The average Bonchev–Trinajstić information content (AvgIpc) is 2.24. The van der Waals surface area contributed by atoms with Gasteiger partial charge in [-0.25, -0.2) is 0 Å². The molecular formula is C17H30O. The van der Waals surface area contributed by atoms with Crippen molar-refractivity contribution in [3.05, 3.63) is 12.2 Å². The fourth-order valence-corrected chi connectivity index (χ4v) is 3.29. The molecule has 0 N–H and O–H groups in total. The highest BCUT2D eigenvalue weighted by molar-refractivity contribution is 5.80. The van der Waals surface area contributed by atoms with Crippen molar-refractivity contribution in [1.82, 2.24) is 0 Å². The van der Waals surface area contributed by atoms with Crippen molar-refractivity contribution in [2.75, 3.05) is 0 Å². The number of Topliss-reactive ketones (excluding diaryl/α,β-unsaturated/α-hetero) is 1. The molecule has 1 fully saturated rings. The third-order valence-corrected chi connectivity index (χ3v) is 4.58. The molecule has 0 radical (unpaired) electrons. The fraction of sp³-hybridized carbons (Fsp3) is 0.824. The summed E-state index contributed by atoms with van der Waals surface area (Å²) in [7, 11) is 0. The molecule has 1 aliphatic rings. The van der Waals surface area contributed by atoms with Crippen LogP contribution in [0.15, 0.2) is 12.2 Å². The third-order valence-electron chi connectivity index (χ3n) is 4.58. The van der Waals surface area contributed by atoms with Crippen LogP contribution in [0, 0.1) is 23.2 Å². The maximum Gasteiger partial charge on any atom is 0.135 e. The molecule has 3 unspecified atom stereocenters. The van der Waals surface area contributed by atoms with Gasteiger partial charge < -0.3 is 0 Å². The predicted octanol–water partition coefficient (Wildman–Crippen LogP) is 5.01. The molecule has 0 amide bonds. The van der Waals surface area contributed by atoms with E-state index >= 15 is 0 Å². The first-order valence-corrected chi connectivity index (χ1v) is 7.44. The molecule has 1 saturated carbocycles. The molecule has 1 nitrogen and oxygen atoms in total. The molecule has 0 heterocycles. The third kappa shape index (κ3) is 4.26. The van der Waals surface area contributed by atoms with Gasteiger partial charge in [-0.15, -0.1) is 0 Å². The largest absolute Gasteiger partial charge is 0.299 e. The van der Waals surface area contributed by atoms with Crippen LogP contribution in [0.2, 0.25) is 0 Å². The highest BCUT2D eigenvalue weighted by Crippen LogP contribution is 2.44. The van der Waals surface area contributed by atoms with Gasteiger partial charge >= 0.3 is 0 Å². The van der Waals surface area contributed by atoms with Crippen LogP contribution >= 0.6 is 0 Å². The van der Waals surface area contributed by atoms with Crippen LogP contribution in [0.1, 0.15) is 66.7 Å². The van der Waals surface area contributed by atoms with Crippen LogP contribution in [-0.4, -0.2) is 5.78 Å². The molecule has 1 aliphatic carbocycles. The average molecular weight is 250 g/mol. The van der Waals surface area contributed by atoms with Gasteiger partial charge in [-0.1, -0.05) is 46.8 Å². The number of rotatable bonds is 5. The summed E-state index contributed by atoms with van der Waals surface area (Å²) in [5.41, 5.74) is 1.74. The van der Waals surface area contributed by atoms with Crippen LogP contribution < -0.4 is 0 Å². The van der Waals surface area contributed by atoms with E-state index in [1.165, 1.54) is 12.0 Å². The Morgan fingerprint density at radius 1 is 1.44 bits per heavy atom. The molecular weight excluding hydrogens is 220 g/mol. The second-order valence-electron chi connectivity index (χ2n) is 7.22. The molecule has 0 aliphatic heterocycles. The zero-order chi connectivity index (χ0) is 13.9. The fourth-order valence-electron chi connectivity index (χ4n) is 3.29. The molecule has 3 atom stereocenters. The molecule has 104 valence electrons. The minimum absolute atomic E-state index is 0.229. The van der Waals surface area contributed by atoms with Crippen molar-refractivity contribution >= 4 is 5.78 Å². The Bertz CT molecular complexity index is 314. The number of carbonyl (C=O) groups excluding carboxylic acids is 1. The standard InChI is InChI=1S/C17H30O/c1-7-13(3)16(18)9-14(4)15-8-12(2)10-17(5,6)11-15/h13-15H,2,7-11H2,1,3-6H3. The van der Waals surface area contributed by atoms with Crippen LogP contribution in [0.3, 0.4) is 0 Å². The minimum atomic E-state index is 0.229. The SMILES string of the molecule is C=C1CC(C(C)CC(=O)C(C)CC)CC(C)(C)C1. The number of hydrogen-bond acceptors (Lipinski definition) is 1. The second-order valence-corrected chi connectivity index (χ2v) is 7.22.